The van der Waals surface area contributed by atoms with Crippen LogP contribution in [0.2, 0.25) is 5.02 Å². The topological polar surface area (TPSA) is 50.8 Å². The van der Waals surface area contributed by atoms with Gasteiger partial charge in [-0.2, -0.15) is 0 Å². The highest BCUT2D eigenvalue weighted by Crippen LogP contribution is 2.44. The van der Waals surface area contributed by atoms with Crippen molar-refractivity contribution in [3.05, 3.63) is 28.8 Å². The van der Waals surface area contributed by atoms with Crippen LogP contribution in [-0.4, -0.2) is 57.8 Å². The molecule has 2 heterocycles. The molecule has 1 spiro atoms. The first-order valence-corrected chi connectivity index (χ1v) is 8.80. The predicted molar refractivity (Wildman–Crippen MR) is 93.8 cm³/mol. The van der Waals surface area contributed by atoms with E-state index >= 15 is 0 Å². The van der Waals surface area contributed by atoms with Crippen molar-refractivity contribution in [3.8, 4) is 5.75 Å². The second kappa shape index (κ2) is 7.30. The second-order valence-electron chi connectivity index (χ2n) is 6.79. The van der Waals surface area contributed by atoms with Gasteiger partial charge in [0.15, 0.2) is 0 Å². The summed E-state index contributed by atoms with van der Waals surface area (Å²) in [7, 11) is 3.31. The van der Waals surface area contributed by atoms with Crippen molar-refractivity contribution in [2.75, 3.05) is 47.0 Å². The molecule has 2 aliphatic heterocycles. The quantitative estimate of drug-likeness (QED) is 0.904. The van der Waals surface area contributed by atoms with E-state index in [0.29, 0.717) is 28.9 Å². The Morgan fingerprint density at radius 3 is 2.79 bits per heavy atom. The van der Waals surface area contributed by atoms with Gasteiger partial charge in [-0.05, 0) is 49.5 Å². The summed E-state index contributed by atoms with van der Waals surface area (Å²) in [6.45, 7) is 4.20. The first-order valence-electron chi connectivity index (χ1n) is 8.42. The van der Waals surface area contributed by atoms with Crippen molar-refractivity contribution in [3.63, 3.8) is 0 Å². The lowest BCUT2D eigenvalue weighted by molar-refractivity contribution is 0.0701. The number of hydrogen-bond donors (Lipinski definition) is 1. The Morgan fingerprint density at radius 2 is 2.12 bits per heavy atom. The third kappa shape index (κ3) is 3.25. The van der Waals surface area contributed by atoms with Crippen molar-refractivity contribution in [2.24, 2.45) is 11.3 Å². The number of amides is 1. The minimum Gasteiger partial charge on any atom is -0.496 e. The molecule has 1 N–H and O–H groups in total. The zero-order valence-corrected chi connectivity index (χ0v) is 15.1. The number of ether oxygens (including phenoxy) is 2. The van der Waals surface area contributed by atoms with Gasteiger partial charge in [-0.1, -0.05) is 11.6 Å². The largest absolute Gasteiger partial charge is 0.496 e. The van der Waals surface area contributed by atoms with E-state index in [1.54, 1.807) is 32.4 Å². The van der Waals surface area contributed by atoms with Crippen LogP contribution in [0, 0.1) is 11.3 Å². The summed E-state index contributed by atoms with van der Waals surface area (Å²) >= 11 is 6.09. The molecule has 2 fully saturated rings. The summed E-state index contributed by atoms with van der Waals surface area (Å²) < 4.78 is 10.8. The lowest BCUT2D eigenvalue weighted by atomic mass is 9.71. The van der Waals surface area contributed by atoms with Gasteiger partial charge in [0.25, 0.3) is 5.91 Å². The van der Waals surface area contributed by atoms with Crippen LogP contribution in [0.1, 0.15) is 23.2 Å². The van der Waals surface area contributed by atoms with Gasteiger partial charge in [-0.3, -0.25) is 4.79 Å². The lowest BCUT2D eigenvalue weighted by Gasteiger charge is -2.38. The van der Waals surface area contributed by atoms with Gasteiger partial charge in [0.05, 0.1) is 19.3 Å². The van der Waals surface area contributed by atoms with E-state index in [2.05, 4.69) is 5.32 Å². The number of benzene rings is 1. The number of piperidine rings is 1. The monoisotopic (exact) mass is 352 g/mol. The second-order valence-corrected chi connectivity index (χ2v) is 7.23. The van der Waals surface area contributed by atoms with Gasteiger partial charge in [-0.15, -0.1) is 0 Å². The number of rotatable bonds is 4. The third-order valence-corrected chi connectivity index (χ3v) is 5.69. The maximum Gasteiger partial charge on any atom is 0.257 e. The summed E-state index contributed by atoms with van der Waals surface area (Å²) in [4.78, 5) is 15.0. The molecule has 0 bridgehead atoms. The average Bonchev–Trinajstić information content (AvgIpc) is 2.93. The van der Waals surface area contributed by atoms with E-state index in [0.717, 1.165) is 39.0 Å². The predicted octanol–water partition coefficient (Wildman–Crippen LogP) is 2.44. The van der Waals surface area contributed by atoms with E-state index < -0.39 is 0 Å². The van der Waals surface area contributed by atoms with Crippen LogP contribution in [0.4, 0.5) is 0 Å². The first-order chi connectivity index (χ1) is 11.6. The molecule has 0 aromatic heterocycles. The van der Waals surface area contributed by atoms with E-state index in [-0.39, 0.29) is 11.3 Å². The number of carbonyl (C=O) groups excluding carboxylic acids is 1. The third-order valence-electron chi connectivity index (χ3n) is 5.46. The van der Waals surface area contributed by atoms with Crippen LogP contribution in [0.3, 0.4) is 0 Å². The Bertz CT molecular complexity index is 602. The van der Waals surface area contributed by atoms with Crippen LogP contribution in [0.5, 0.6) is 5.75 Å². The zero-order valence-electron chi connectivity index (χ0n) is 14.3. The van der Waals surface area contributed by atoms with Crippen molar-refractivity contribution in [1.29, 1.82) is 0 Å². The zero-order chi connectivity index (χ0) is 17.2. The van der Waals surface area contributed by atoms with Gasteiger partial charge >= 0.3 is 0 Å². The van der Waals surface area contributed by atoms with Crippen molar-refractivity contribution < 1.29 is 14.3 Å². The normalized spacial score (nSPS) is 22.8. The Balaban J connectivity index is 1.85. The molecule has 1 aromatic rings. The summed E-state index contributed by atoms with van der Waals surface area (Å²) in [5, 5.41) is 3.96. The molecule has 3 rings (SSSR count). The van der Waals surface area contributed by atoms with Gasteiger partial charge in [0.1, 0.15) is 5.75 Å². The molecule has 1 amide bonds. The highest BCUT2D eigenvalue weighted by atomic mass is 35.5. The van der Waals surface area contributed by atoms with Crippen molar-refractivity contribution in [2.45, 2.75) is 12.8 Å². The fourth-order valence-electron chi connectivity index (χ4n) is 4.13. The van der Waals surface area contributed by atoms with Crippen LogP contribution < -0.4 is 10.1 Å². The van der Waals surface area contributed by atoms with E-state index in [1.807, 2.05) is 4.90 Å². The Labute approximate surface area is 148 Å². The number of halogens is 1. The average molecular weight is 353 g/mol. The van der Waals surface area contributed by atoms with E-state index in [1.165, 1.54) is 0 Å². The Kier molecular flexibility index (Phi) is 5.33. The smallest absolute Gasteiger partial charge is 0.257 e. The number of hydrogen-bond acceptors (Lipinski definition) is 4. The van der Waals surface area contributed by atoms with E-state index in [9.17, 15) is 4.79 Å². The summed E-state index contributed by atoms with van der Waals surface area (Å²) in [5.74, 6) is 0.934. The molecular weight excluding hydrogens is 328 g/mol. The summed E-state index contributed by atoms with van der Waals surface area (Å²) in [5.41, 5.74) is 0.690. The molecule has 1 unspecified atom stereocenters. The fourth-order valence-corrected chi connectivity index (χ4v) is 4.30. The maximum atomic E-state index is 13.1. The van der Waals surface area contributed by atoms with E-state index in [4.69, 9.17) is 21.1 Å². The molecule has 5 nitrogen and oxygen atoms in total. The van der Waals surface area contributed by atoms with Gasteiger partial charge in [-0.25, -0.2) is 0 Å². The summed E-state index contributed by atoms with van der Waals surface area (Å²) in [6, 6.07) is 5.18. The molecule has 0 aliphatic carbocycles. The molecule has 2 saturated heterocycles. The van der Waals surface area contributed by atoms with Gasteiger partial charge in [0, 0.05) is 31.1 Å². The van der Waals surface area contributed by atoms with Crippen LogP contribution in [0.15, 0.2) is 18.2 Å². The minimum absolute atomic E-state index is 0.00846. The molecule has 24 heavy (non-hydrogen) atoms. The molecule has 0 radical (unpaired) electrons. The van der Waals surface area contributed by atoms with Crippen molar-refractivity contribution >= 4 is 17.5 Å². The fraction of sp³-hybridized carbons (Fsp3) is 0.611. The first kappa shape index (κ1) is 17.5. The molecule has 1 atom stereocenters. The number of nitrogens with zero attached hydrogens (tertiary/aromatic N) is 1. The number of nitrogens with one attached hydrogen (secondary N) is 1. The standard InChI is InChI=1S/C18H25ClN2O3/c1-23-11-13-10-21(12-18(13)5-7-20-8-6-18)17(22)15-9-14(19)3-4-16(15)24-2/h3-4,9,13,20H,5-8,10-12H2,1-2H3. The molecule has 2 aliphatic rings. The van der Waals surface area contributed by atoms with Crippen LogP contribution in [0.25, 0.3) is 0 Å². The number of methoxy groups -OCH3 is 2. The van der Waals surface area contributed by atoms with Gasteiger partial charge in [0.2, 0.25) is 0 Å². The van der Waals surface area contributed by atoms with Crippen LogP contribution in [-0.2, 0) is 4.74 Å². The molecular formula is C18H25ClN2O3. The maximum absolute atomic E-state index is 13.1. The molecule has 132 valence electrons. The number of carbonyl (C=O) groups is 1. The molecule has 0 saturated carbocycles. The van der Waals surface area contributed by atoms with Crippen molar-refractivity contribution in [1.82, 2.24) is 10.2 Å². The lowest BCUT2D eigenvalue weighted by Crippen LogP contribution is -2.43. The Morgan fingerprint density at radius 1 is 1.38 bits per heavy atom. The highest BCUT2D eigenvalue weighted by Gasteiger charge is 2.48. The summed E-state index contributed by atoms with van der Waals surface area (Å²) in [6.07, 6.45) is 2.16. The van der Waals surface area contributed by atoms with Crippen LogP contribution >= 0.6 is 11.6 Å². The minimum atomic E-state index is -0.00846. The Hall–Kier alpha value is -1.30. The SMILES string of the molecule is COCC1CN(C(=O)c2cc(Cl)ccc2OC)CC12CCNCC2. The molecule has 1 aromatic carbocycles. The molecule has 6 heteroatoms. The highest BCUT2D eigenvalue weighted by molar-refractivity contribution is 6.31. The number of likely N-dealkylation sites (tertiary alicyclic amines) is 1. The van der Waals surface area contributed by atoms with Gasteiger partial charge < -0.3 is 19.7 Å².